The van der Waals surface area contributed by atoms with Crippen LogP contribution >= 0.6 is 7.92 Å². The summed E-state index contributed by atoms with van der Waals surface area (Å²) in [5, 5.41) is 2.33. The Hall–Kier alpha value is -2.77. The van der Waals surface area contributed by atoms with Gasteiger partial charge in [-0.05, 0) is 30.7 Å². The van der Waals surface area contributed by atoms with Crippen molar-refractivity contribution in [3.63, 3.8) is 0 Å². The zero-order valence-corrected chi connectivity index (χ0v) is 15.2. The number of rotatable bonds is 7. The van der Waals surface area contributed by atoms with Crippen LogP contribution in [0.4, 0.5) is 0 Å². The second kappa shape index (κ2) is 9.07. The molecule has 0 aliphatic carbocycles. The largest absolute Gasteiger partial charge is 0.426 e. The lowest BCUT2D eigenvalue weighted by Crippen LogP contribution is -2.22. The summed E-state index contributed by atoms with van der Waals surface area (Å²) in [7, 11) is -0.775. The Morgan fingerprint density at radius 1 is 0.769 bits per heavy atom. The Balaban J connectivity index is 1.69. The first-order chi connectivity index (χ1) is 12.7. The van der Waals surface area contributed by atoms with Crippen LogP contribution in [-0.4, -0.2) is 22.7 Å². The van der Waals surface area contributed by atoms with Crippen molar-refractivity contribution < 1.29 is 14.3 Å². The molecule has 0 amide bonds. The summed E-state index contributed by atoms with van der Waals surface area (Å²) in [5.41, 5.74) is 0. The highest BCUT2D eigenvalue weighted by Crippen LogP contribution is 2.33. The van der Waals surface area contributed by atoms with E-state index in [1.165, 1.54) is 0 Å². The van der Waals surface area contributed by atoms with Crippen molar-refractivity contribution in [2.24, 2.45) is 0 Å². The van der Waals surface area contributed by atoms with Gasteiger partial charge in [0.15, 0.2) is 6.42 Å². The number of benzene rings is 3. The third-order valence-electron chi connectivity index (χ3n) is 3.80. The molecule has 0 unspecified atom stereocenters. The van der Waals surface area contributed by atoms with Gasteiger partial charge in [-0.2, -0.15) is 0 Å². The minimum absolute atomic E-state index is 0.104. The zero-order chi connectivity index (χ0) is 18.2. The number of hydrogen-bond donors (Lipinski definition) is 0. The number of ether oxygens (including phenoxy) is 1. The average molecular weight is 363 g/mol. The number of hydrogen-bond acceptors (Lipinski definition) is 2. The van der Waals surface area contributed by atoms with Crippen molar-refractivity contribution in [1.29, 1.82) is 0 Å². The second-order valence-electron chi connectivity index (χ2n) is 5.79. The highest BCUT2D eigenvalue weighted by Gasteiger charge is 2.24. The van der Waals surface area contributed by atoms with Crippen molar-refractivity contribution in [2.75, 3.05) is 6.16 Å². The maximum absolute atomic E-state index is 12.1. The molecule has 0 radical (unpaired) electrons. The summed E-state index contributed by atoms with van der Waals surface area (Å²) in [6.45, 7) is 0. The molecule has 0 spiro atoms. The van der Waals surface area contributed by atoms with Crippen molar-refractivity contribution in [1.82, 2.24) is 0 Å². The summed E-state index contributed by atoms with van der Waals surface area (Å²) >= 11 is 0. The molecular formula is C22H20O3P+. The van der Waals surface area contributed by atoms with Crippen LogP contribution in [0.2, 0.25) is 0 Å². The SMILES string of the molecule is O=C(CC(=[OH+])CP(c1ccccc1)c1ccccc1)Oc1ccccc1. The highest BCUT2D eigenvalue weighted by molar-refractivity contribution is 7.73. The van der Waals surface area contributed by atoms with Crippen LogP contribution in [-0.2, 0) is 4.79 Å². The van der Waals surface area contributed by atoms with Gasteiger partial charge in [-0.25, -0.2) is 0 Å². The second-order valence-corrected chi connectivity index (χ2v) is 7.99. The van der Waals surface area contributed by atoms with Gasteiger partial charge in [-0.15, -0.1) is 0 Å². The predicted octanol–water partition coefficient (Wildman–Crippen LogP) is 3.66. The molecule has 130 valence electrons. The van der Waals surface area contributed by atoms with Crippen LogP contribution in [0.5, 0.6) is 5.75 Å². The quantitative estimate of drug-likeness (QED) is 0.211. The van der Waals surface area contributed by atoms with Crippen LogP contribution in [0.1, 0.15) is 6.42 Å². The fourth-order valence-corrected chi connectivity index (χ4v) is 4.81. The molecule has 4 heteroatoms. The summed E-state index contributed by atoms with van der Waals surface area (Å²) in [4.78, 5) is 22.5. The van der Waals surface area contributed by atoms with Gasteiger partial charge in [0.05, 0.1) is 6.16 Å². The molecule has 0 heterocycles. The van der Waals surface area contributed by atoms with Gasteiger partial charge in [0.1, 0.15) is 5.75 Å². The Bertz CT molecular complexity index is 809. The van der Waals surface area contributed by atoms with Crippen LogP contribution < -0.4 is 15.3 Å². The minimum Gasteiger partial charge on any atom is -0.426 e. The van der Waals surface area contributed by atoms with Crippen LogP contribution in [0.3, 0.4) is 0 Å². The molecule has 0 aromatic heterocycles. The van der Waals surface area contributed by atoms with Gasteiger partial charge < -0.3 is 4.74 Å². The average Bonchev–Trinajstić information content (AvgIpc) is 2.68. The first-order valence-electron chi connectivity index (χ1n) is 8.39. The van der Waals surface area contributed by atoms with E-state index >= 15 is 0 Å². The monoisotopic (exact) mass is 363 g/mol. The first-order valence-corrected chi connectivity index (χ1v) is 9.92. The van der Waals surface area contributed by atoms with E-state index in [0.717, 1.165) is 10.6 Å². The molecule has 0 saturated heterocycles. The highest BCUT2D eigenvalue weighted by atomic mass is 31.1. The van der Waals surface area contributed by atoms with Crippen LogP contribution in [0, 0.1) is 0 Å². The van der Waals surface area contributed by atoms with E-state index < -0.39 is 13.9 Å². The molecule has 0 aliphatic heterocycles. The predicted molar refractivity (Wildman–Crippen MR) is 108 cm³/mol. The van der Waals surface area contributed by atoms with Gasteiger partial charge in [0.25, 0.3) is 0 Å². The Morgan fingerprint density at radius 2 is 1.23 bits per heavy atom. The van der Waals surface area contributed by atoms with E-state index in [-0.39, 0.29) is 12.2 Å². The molecule has 0 saturated carbocycles. The van der Waals surface area contributed by atoms with Gasteiger partial charge in [0, 0.05) is 0 Å². The van der Waals surface area contributed by atoms with E-state index in [1.54, 1.807) is 24.3 Å². The molecule has 0 atom stereocenters. The number of carbonyl (C=O) groups is 1. The topological polar surface area (TPSA) is 47.7 Å². The third-order valence-corrected chi connectivity index (χ3v) is 6.32. The summed E-state index contributed by atoms with van der Waals surface area (Å²) in [5.74, 6) is 0.174. The maximum Gasteiger partial charge on any atom is 0.324 e. The zero-order valence-electron chi connectivity index (χ0n) is 14.3. The summed E-state index contributed by atoms with van der Waals surface area (Å²) < 4.78 is 5.27. The third kappa shape index (κ3) is 5.11. The fraction of sp³-hybridized carbons (Fsp3) is 0.0909. The van der Waals surface area contributed by atoms with E-state index in [2.05, 4.69) is 24.3 Å². The molecule has 3 aromatic rings. The van der Waals surface area contributed by atoms with Crippen molar-refractivity contribution in [3.8, 4) is 5.75 Å². The van der Waals surface area contributed by atoms with Gasteiger partial charge in [-0.1, -0.05) is 78.9 Å². The van der Waals surface area contributed by atoms with Crippen molar-refractivity contribution >= 4 is 30.3 Å². The van der Waals surface area contributed by atoms with Gasteiger partial charge in [-0.3, -0.25) is 9.59 Å². The van der Waals surface area contributed by atoms with Gasteiger partial charge >= 0.3 is 11.8 Å². The molecule has 3 rings (SSSR count). The maximum atomic E-state index is 12.1. The van der Waals surface area contributed by atoms with E-state index in [9.17, 15) is 9.59 Å². The van der Waals surface area contributed by atoms with E-state index in [0.29, 0.717) is 11.9 Å². The first kappa shape index (κ1) is 18.0. The lowest BCUT2D eigenvalue weighted by Gasteiger charge is -2.16. The normalized spacial score (nSPS) is 10.5. The van der Waals surface area contributed by atoms with Crippen molar-refractivity contribution in [2.45, 2.75) is 6.42 Å². The molecule has 26 heavy (non-hydrogen) atoms. The lowest BCUT2D eigenvalue weighted by molar-refractivity contribution is -0.133. The molecule has 0 bridgehead atoms. The molecule has 1 N–H and O–H groups in total. The smallest absolute Gasteiger partial charge is 0.324 e. The fourth-order valence-electron chi connectivity index (χ4n) is 2.61. The van der Waals surface area contributed by atoms with Gasteiger partial charge in [0.2, 0.25) is 0 Å². The minimum atomic E-state index is -0.775. The number of para-hydroxylation sites is 1. The van der Waals surface area contributed by atoms with E-state index in [1.807, 2.05) is 42.5 Å². The molecule has 3 aromatic carbocycles. The van der Waals surface area contributed by atoms with Crippen LogP contribution in [0.15, 0.2) is 91.0 Å². The Kier molecular flexibility index (Phi) is 6.29. The standard InChI is InChI=1S/C22H19O3P/c23-18(16-22(24)25-19-10-4-1-5-11-19)17-26(20-12-6-2-7-13-20)21-14-8-3-9-15-21/h1-15H,16-17H2/p+1. The summed E-state index contributed by atoms with van der Waals surface area (Å²) in [6.07, 6.45) is 0.334. The Labute approximate surface area is 154 Å². The lowest BCUT2D eigenvalue weighted by atomic mass is 10.3. The Morgan fingerprint density at radius 3 is 1.73 bits per heavy atom. The number of esters is 1. The molecule has 3 nitrogen and oxygen atoms in total. The molecular weight excluding hydrogens is 343 g/mol. The number of ketones is 1. The van der Waals surface area contributed by atoms with E-state index in [4.69, 9.17) is 4.74 Å². The van der Waals surface area contributed by atoms with Crippen molar-refractivity contribution in [3.05, 3.63) is 91.0 Å². The molecule has 0 fully saturated rings. The molecule has 0 aliphatic rings. The summed E-state index contributed by atoms with van der Waals surface area (Å²) in [6, 6.07) is 29.1. The number of carbonyl (C=O) groups excluding carboxylic acids is 2. The van der Waals surface area contributed by atoms with Crippen LogP contribution in [0.25, 0.3) is 0 Å².